The Hall–Kier alpha value is -0.130. The third kappa shape index (κ3) is 4.59. The summed E-state index contributed by atoms with van der Waals surface area (Å²) in [5, 5.41) is 9.33. The molecule has 2 unspecified atom stereocenters. The number of aliphatic hydroxyl groups excluding tert-OH is 1. The van der Waals surface area contributed by atoms with Crippen molar-refractivity contribution in [1.82, 2.24) is 4.72 Å². The smallest absolute Gasteiger partial charge is 0.208 e. The van der Waals surface area contributed by atoms with Crippen LogP contribution in [0.25, 0.3) is 0 Å². The highest BCUT2D eigenvalue weighted by molar-refractivity contribution is 7.88. The Morgan fingerprint density at radius 2 is 2.15 bits per heavy atom. The van der Waals surface area contributed by atoms with Crippen molar-refractivity contribution in [1.29, 1.82) is 0 Å². The highest BCUT2D eigenvalue weighted by Gasteiger charge is 2.20. The molecule has 13 heavy (non-hydrogen) atoms. The average Bonchev–Trinajstić information content (AvgIpc) is 2.00. The van der Waals surface area contributed by atoms with E-state index in [9.17, 15) is 13.5 Å². The molecule has 5 heteroatoms. The Bertz CT molecular complexity index is 250. The molecule has 4 nitrogen and oxygen atoms in total. The molecule has 0 aromatic rings. The maximum absolute atomic E-state index is 10.8. The second kappa shape index (κ2) is 4.39. The van der Waals surface area contributed by atoms with E-state index in [4.69, 9.17) is 0 Å². The first-order valence-corrected chi connectivity index (χ1v) is 6.49. The molecule has 0 bridgehead atoms. The molecule has 1 saturated carbocycles. The van der Waals surface area contributed by atoms with E-state index >= 15 is 0 Å². The molecule has 0 aromatic carbocycles. The minimum absolute atomic E-state index is 0.236. The predicted molar refractivity (Wildman–Crippen MR) is 50.8 cm³/mol. The molecule has 78 valence electrons. The zero-order valence-electron chi connectivity index (χ0n) is 7.86. The van der Waals surface area contributed by atoms with Crippen LogP contribution in [0.4, 0.5) is 0 Å². The van der Waals surface area contributed by atoms with Gasteiger partial charge in [0.15, 0.2) is 0 Å². The zero-order valence-corrected chi connectivity index (χ0v) is 8.68. The van der Waals surface area contributed by atoms with Crippen molar-refractivity contribution in [3.8, 4) is 0 Å². The molecule has 0 radical (unpaired) electrons. The number of rotatable bonds is 3. The van der Waals surface area contributed by atoms with E-state index < -0.39 is 10.0 Å². The first kappa shape index (κ1) is 10.9. The van der Waals surface area contributed by atoms with Crippen LogP contribution in [0.1, 0.15) is 25.7 Å². The van der Waals surface area contributed by atoms with E-state index in [1.807, 2.05) is 0 Å². The molecule has 2 N–H and O–H groups in total. The molecule has 0 aromatic heterocycles. The molecule has 1 aliphatic carbocycles. The summed E-state index contributed by atoms with van der Waals surface area (Å²) >= 11 is 0. The van der Waals surface area contributed by atoms with Crippen LogP contribution in [0.3, 0.4) is 0 Å². The Morgan fingerprint density at radius 1 is 1.46 bits per heavy atom. The third-order valence-electron chi connectivity index (χ3n) is 2.39. The summed E-state index contributed by atoms with van der Waals surface area (Å²) in [5.74, 6) is 0.304. The van der Waals surface area contributed by atoms with Gasteiger partial charge in [0.05, 0.1) is 12.4 Å². The topological polar surface area (TPSA) is 66.4 Å². The first-order valence-electron chi connectivity index (χ1n) is 4.60. The maximum Gasteiger partial charge on any atom is 0.208 e. The molecule has 0 amide bonds. The van der Waals surface area contributed by atoms with Crippen molar-refractivity contribution >= 4 is 10.0 Å². The van der Waals surface area contributed by atoms with Gasteiger partial charge < -0.3 is 5.11 Å². The van der Waals surface area contributed by atoms with Gasteiger partial charge in [-0.2, -0.15) is 0 Å². The van der Waals surface area contributed by atoms with Crippen LogP contribution in [0.15, 0.2) is 0 Å². The fourth-order valence-corrected chi connectivity index (χ4v) is 2.26. The fraction of sp³-hybridized carbons (Fsp3) is 1.00. The van der Waals surface area contributed by atoms with Crippen molar-refractivity contribution in [3.63, 3.8) is 0 Å². The van der Waals surface area contributed by atoms with Crippen LogP contribution in [0, 0.1) is 5.92 Å². The van der Waals surface area contributed by atoms with Gasteiger partial charge in [0, 0.05) is 6.54 Å². The van der Waals surface area contributed by atoms with E-state index in [1.54, 1.807) is 0 Å². The summed E-state index contributed by atoms with van der Waals surface area (Å²) < 4.78 is 24.0. The van der Waals surface area contributed by atoms with Crippen molar-refractivity contribution in [3.05, 3.63) is 0 Å². The van der Waals surface area contributed by atoms with Crippen LogP contribution >= 0.6 is 0 Å². The van der Waals surface area contributed by atoms with Gasteiger partial charge in [0.1, 0.15) is 0 Å². The van der Waals surface area contributed by atoms with Gasteiger partial charge in [-0.15, -0.1) is 0 Å². The molecule has 1 aliphatic rings. The first-order chi connectivity index (χ1) is 5.97. The lowest BCUT2D eigenvalue weighted by Crippen LogP contribution is -2.32. The second-order valence-corrected chi connectivity index (χ2v) is 5.64. The van der Waals surface area contributed by atoms with E-state index in [0.717, 1.165) is 31.9 Å². The highest BCUT2D eigenvalue weighted by atomic mass is 32.2. The number of sulfonamides is 1. The molecule has 0 saturated heterocycles. The molecule has 2 atom stereocenters. The van der Waals surface area contributed by atoms with Gasteiger partial charge in [0.25, 0.3) is 0 Å². The number of aliphatic hydroxyl groups is 1. The van der Waals surface area contributed by atoms with Crippen LogP contribution in [0.5, 0.6) is 0 Å². The second-order valence-electron chi connectivity index (χ2n) is 3.81. The molecule has 0 heterocycles. The third-order valence-corrected chi connectivity index (χ3v) is 3.08. The quantitative estimate of drug-likeness (QED) is 0.689. The lowest BCUT2D eigenvalue weighted by Gasteiger charge is -2.25. The summed E-state index contributed by atoms with van der Waals surface area (Å²) in [7, 11) is -3.07. The number of hydrogen-bond donors (Lipinski definition) is 2. The van der Waals surface area contributed by atoms with Crippen molar-refractivity contribution < 1.29 is 13.5 Å². The van der Waals surface area contributed by atoms with Gasteiger partial charge in [-0.05, 0) is 25.2 Å². The van der Waals surface area contributed by atoms with Gasteiger partial charge >= 0.3 is 0 Å². The molecule has 0 spiro atoms. The summed E-state index contributed by atoms with van der Waals surface area (Å²) in [5.41, 5.74) is 0. The van der Waals surface area contributed by atoms with Crippen LogP contribution in [-0.4, -0.2) is 32.4 Å². The SMILES string of the molecule is CS(=O)(=O)NCC1CCCC(O)C1. The number of nitrogens with one attached hydrogen (secondary N) is 1. The minimum Gasteiger partial charge on any atom is -0.393 e. The number of hydrogen-bond acceptors (Lipinski definition) is 3. The summed E-state index contributed by atoms with van der Waals surface area (Å²) in [4.78, 5) is 0. The van der Waals surface area contributed by atoms with E-state index in [1.165, 1.54) is 0 Å². The summed E-state index contributed by atoms with van der Waals surface area (Å²) in [6.07, 6.45) is 4.51. The Morgan fingerprint density at radius 3 is 2.69 bits per heavy atom. The maximum atomic E-state index is 10.8. The van der Waals surface area contributed by atoms with Crippen LogP contribution < -0.4 is 4.72 Å². The molecular weight excluding hydrogens is 190 g/mol. The highest BCUT2D eigenvalue weighted by Crippen LogP contribution is 2.23. The van der Waals surface area contributed by atoms with E-state index in [0.29, 0.717) is 12.5 Å². The van der Waals surface area contributed by atoms with E-state index in [-0.39, 0.29) is 6.10 Å². The summed E-state index contributed by atoms with van der Waals surface area (Å²) in [6.45, 7) is 0.468. The van der Waals surface area contributed by atoms with Crippen molar-refractivity contribution in [2.45, 2.75) is 31.8 Å². The minimum atomic E-state index is -3.07. The lowest BCUT2D eigenvalue weighted by molar-refractivity contribution is 0.102. The van der Waals surface area contributed by atoms with Crippen LogP contribution in [0.2, 0.25) is 0 Å². The fourth-order valence-electron chi connectivity index (χ4n) is 1.72. The lowest BCUT2D eigenvalue weighted by atomic mass is 9.87. The van der Waals surface area contributed by atoms with Gasteiger partial charge in [-0.1, -0.05) is 6.42 Å². The van der Waals surface area contributed by atoms with Gasteiger partial charge in [0.2, 0.25) is 10.0 Å². The van der Waals surface area contributed by atoms with Crippen molar-refractivity contribution in [2.75, 3.05) is 12.8 Å². The normalized spacial score (nSPS) is 30.3. The standard InChI is InChI=1S/C8H17NO3S/c1-13(11,12)9-6-7-3-2-4-8(10)5-7/h7-10H,2-6H2,1H3. The molecule has 0 aliphatic heterocycles. The molecule has 1 fully saturated rings. The molecule has 1 rings (SSSR count). The summed E-state index contributed by atoms with van der Waals surface area (Å²) in [6, 6.07) is 0. The van der Waals surface area contributed by atoms with Crippen molar-refractivity contribution in [2.24, 2.45) is 5.92 Å². The van der Waals surface area contributed by atoms with Gasteiger partial charge in [-0.25, -0.2) is 13.1 Å². The zero-order chi connectivity index (χ0) is 9.90. The largest absolute Gasteiger partial charge is 0.393 e. The predicted octanol–water partition coefficient (Wildman–Crippen LogP) is 0.0867. The monoisotopic (exact) mass is 207 g/mol. The Labute approximate surface area is 79.4 Å². The molecular formula is C8H17NO3S. The van der Waals surface area contributed by atoms with Gasteiger partial charge in [-0.3, -0.25) is 0 Å². The van der Waals surface area contributed by atoms with E-state index in [2.05, 4.69) is 4.72 Å². The Kier molecular flexibility index (Phi) is 3.70. The Balaban J connectivity index is 2.29. The average molecular weight is 207 g/mol. The van der Waals surface area contributed by atoms with Crippen LogP contribution in [-0.2, 0) is 10.0 Å².